The largest absolute Gasteiger partial charge is 0.315 e. The molecule has 1 saturated heterocycles. The average Bonchev–Trinajstić information content (AvgIpc) is 2.80. The van der Waals surface area contributed by atoms with Gasteiger partial charge in [0.1, 0.15) is 5.82 Å². The van der Waals surface area contributed by atoms with Gasteiger partial charge in [-0.1, -0.05) is 12.1 Å². The number of rotatable bonds is 5. The molecule has 0 radical (unpaired) electrons. The molecule has 0 saturated carbocycles. The molecule has 88 valence electrons. The van der Waals surface area contributed by atoms with E-state index in [1.807, 2.05) is 12.1 Å². The van der Waals surface area contributed by atoms with Gasteiger partial charge in [0, 0.05) is 12.6 Å². The predicted octanol–water partition coefficient (Wildman–Crippen LogP) is 1.71. The molecule has 1 aliphatic rings. The molecule has 1 heterocycles. The molecule has 1 atom stereocenters. The van der Waals surface area contributed by atoms with Gasteiger partial charge in [-0.2, -0.15) is 0 Å². The van der Waals surface area contributed by atoms with Crippen LogP contribution in [-0.2, 0) is 6.42 Å². The number of benzene rings is 1. The fraction of sp³-hybridized carbons (Fsp3) is 0.538. The van der Waals surface area contributed by atoms with E-state index in [1.54, 1.807) is 0 Å². The lowest BCUT2D eigenvalue weighted by Crippen LogP contribution is -2.34. The van der Waals surface area contributed by atoms with E-state index in [2.05, 4.69) is 10.6 Å². The molecule has 1 unspecified atom stereocenters. The molecule has 16 heavy (non-hydrogen) atoms. The Labute approximate surface area is 96.2 Å². The predicted molar refractivity (Wildman–Crippen MR) is 64.0 cm³/mol. The first-order valence-electron chi connectivity index (χ1n) is 6.03. The number of hydrogen-bond acceptors (Lipinski definition) is 2. The first-order valence-corrected chi connectivity index (χ1v) is 6.03. The monoisotopic (exact) mass is 222 g/mol. The smallest absolute Gasteiger partial charge is 0.123 e. The molecule has 0 aliphatic carbocycles. The van der Waals surface area contributed by atoms with Gasteiger partial charge in [0.25, 0.3) is 0 Å². The Morgan fingerprint density at radius 3 is 2.81 bits per heavy atom. The highest BCUT2D eigenvalue weighted by atomic mass is 19.1. The second-order valence-corrected chi connectivity index (χ2v) is 4.37. The van der Waals surface area contributed by atoms with Gasteiger partial charge in [0.05, 0.1) is 0 Å². The Morgan fingerprint density at radius 2 is 2.12 bits per heavy atom. The van der Waals surface area contributed by atoms with Gasteiger partial charge < -0.3 is 10.6 Å². The quantitative estimate of drug-likeness (QED) is 0.741. The van der Waals surface area contributed by atoms with E-state index in [0.717, 1.165) is 26.1 Å². The molecule has 2 N–H and O–H groups in total. The summed E-state index contributed by atoms with van der Waals surface area (Å²) < 4.78 is 12.7. The summed E-state index contributed by atoms with van der Waals surface area (Å²) in [6.45, 7) is 3.16. The first-order chi connectivity index (χ1) is 7.84. The second kappa shape index (κ2) is 5.97. The van der Waals surface area contributed by atoms with Crippen molar-refractivity contribution in [3.8, 4) is 0 Å². The van der Waals surface area contributed by atoms with Crippen molar-refractivity contribution >= 4 is 0 Å². The minimum atomic E-state index is -0.160. The topological polar surface area (TPSA) is 24.1 Å². The summed E-state index contributed by atoms with van der Waals surface area (Å²) in [6.07, 6.45) is 3.54. The third-order valence-corrected chi connectivity index (χ3v) is 3.06. The van der Waals surface area contributed by atoms with Gasteiger partial charge in [0.2, 0.25) is 0 Å². The fourth-order valence-corrected chi connectivity index (χ4v) is 2.09. The highest BCUT2D eigenvalue weighted by molar-refractivity contribution is 5.16. The molecule has 1 aromatic carbocycles. The van der Waals surface area contributed by atoms with E-state index in [1.165, 1.54) is 30.5 Å². The lowest BCUT2D eigenvalue weighted by Gasteiger charge is -2.11. The standard InChI is InChI=1S/C13H19FN2/c14-12-5-3-11(4-6-12)7-9-15-10-13-2-1-8-16-13/h3-6,13,15-16H,1-2,7-10H2. The summed E-state index contributed by atoms with van der Waals surface area (Å²) in [5.41, 5.74) is 1.19. The summed E-state index contributed by atoms with van der Waals surface area (Å²) >= 11 is 0. The van der Waals surface area contributed by atoms with Crippen LogP contribution < -0.4 is 10.6 Å². The Hall–Kier alpha value is -0.930. The molecule has 1 fully saturated rings. The van der Waals surface area contributed by atoms with Crippen LogP contribution in [0.1, 0.15) is 18.4 Å². The summed E-state index contributed by atoms with van der Waals surface area (Å²) in [6, 6.07) is 7.39. The van der Waals surface area contributed by atoms with Gasteiger partial charge in [-0.3, -0.25) is 0 Å². The van der Waals surface area contributed by atoms with Crippen molar-refractivity contribution in [2.24, 2.45) is 0 Å². The molecular weight excluding hydrogens is 203 g/mol. The van der Waals surface area contributed by atoms with Gasteiger partial charge in [-0.15, -0.1) is 0 Å². The summed E-state index contributed by atoms with van der Waals surface area (Å²) in [7, 11) is 0. The normalized spacial score (nSPS) is 20.2. The maximum absolute atomic E-state index is 12.7. The average molecular weight is 222 g/mol. The first kappa shape index (κ1) is 11.6. The van der Waals surface area contributed by atoms with Crippen LogP contribution >= 0.6 is 0 Å². The van der Waals surface area contributed by atoms with E-state index in [4.69, 9.17) is 0 Å². The zero-order valence-corrected chi connectivity index (χ0v) is 9.51. The molecule has 0 bridgehead atoms. The Bertz CT molecular complexity index is 304. The molecule has 2 nitrogen and oxygen atoms in total. The van der Waals surface area contributed by atoms with Gasteiger partial charge in [-0.05, 0) is 50.0 Å². The van der Waals surface area contributed by atoms with Crippen molar-refractivity contribution in [2.75, 3.05) is 19.6 Å². The van der Waals surface area contributed by atoms with E-state index >= 15 is 0 Å². The Balaban J connectivity index is 1.62. The molecule has 0 spiro atoms. The number of nitrogens with one attached hydrogen (secondary N) is 2. The SMILES string of the molecule is Fc1ccc(CCNCC2CCCN2)cc1. The minimum absolute atomic E-state index is 0.160. The highest BCUT2D eigenvalue weighted by Crippen LogP contribution is 2.04. The van der Waals surface area contributed by atoms with Crippen LogP contribution in [0, 0.1) is 5.82 Å². The maximum Gasteiger partial charge on any atom is 0.123 e. The van der Waals surface area contributed by atoms with E-state index in [0.29, 0.717) is 6.04 Å². The van der Waals surface area contributed by atoms with Crippen LogP contribution in [0.3, 0.4) is 0 Å². The zero-order chi connectivity index (χ0) is 11.2. The second-order valence-electron chi connectivity index (χ2n) is 4.37. The summed E-state index contributed by atoms with van der Waals surface area (Å²) in [5, 5.41) is 6.88. The Kier molecular flexibility index (Phi) is 4.31. The molecule has 1 aliphatic heterocycles. The lowest BCUT2D eigenvalue weighted by atomic mass is 10.1. The van der Waals surface area contributed by atoms with Gasteiger partial charge in [-0.25, -0.2) is 4.39 Å². The van der Waals surface area contributed by atoms with Crippen LogP contribution in [0.5, 0.6) is 0 Å². The third kappa shape index (κ3) is 3.58. The van der Waals surface area contributed by atoms with E-state index in [9.17, 15) is 4.39 Å². The highest BCUT2D eigenvalue weighted by Gasteiger charge is 2.12. The van der Waals surface area contributed by atoms with Crippen molar-refractivity contribution in [1.82, 2.24) is 10.6 Å². The van der Waals surface area contributed by atoms with Crippen LogP contribution in [0.4, 0.5) is 4.39 Å². The van der Waals surface area contributed by atoms with Crippen LogP contribution in [-0.4, -0.2) is 25.7 Å². The molecule has 0 amide bonds. The van der Waals surface area contributed by atoms with Gasteiger partial charge in [0.15, 0.2) is 0 Å². The molecular formula is C13H19FN2. The number of hydrogen-bond donors (Lipinski definition) is 2. The van der Waals surface area contributed by atoms with Crippen molar-refractivity contribution in [2.45, 2.75) is 25.3 Å². The zero-order valence-electron chi connectivity index (χ0n) is 9.51. The van der Waals surface area contributed by atoms with Crippen molar-refractivity contribution in [3.05, 3.63) is 35.6 Å². The van der Waals surface area contributed by atoms with Crippen molar-refractivity contribution in [3.63, 3.8) is 0 Å². The van der Waals surface area contributed by atoms with Crippen molar-refractivity contribution in [1.29, 1.82) is 0 Å². The van der Waals surface area contributed by atoms with E-state index < -0.39 is 0 Å². The Morgan fingerprint density at radius 1 is 1.31 bits per heavy atom. The molecule has 2 rings (SSSR count). The van der Waals surface area contributed by atoms with Crippen molar-refractivity contribution < 1.29 is 4.39 Å². The minimum Gasteiger partial charge on any atom is -0.315 e. The number of halogens is 1. The molecule has 1 aromatic rings. The molecule has 0 aromatic heterocycles. The summed E-state index contributed by atoms with van der Waals surface area (Å²) in [5.74, 6) is -0.160. The summed E-state index contributed by atoms with van der Waals surface area (Å²) in [4.78, 5) is 0. The molecule has 3 heteroatoms. The fourth-order valence-electron chi connectivity index (χ4n) is 2.09. The van der Waals surface area contributed by atoms with Gasteiger partial charge >= 0.3 is 0 Å². The third-order valence-electron chi connectivity index (χ3n) is 3.06. The van der Waals surface area contributed by atoms with Crippen LogP contribution in [0.25, 0.3) is 0 Å². The van der Waals surface area contributed by atoms with Crippen LogP contribution in [0.15, 0.2) is 24.3 Å². The maximum atomic E-state index is 12.7. The van der Waals surface area contributed by atoms with E-state index in [-0.39, 0.29) is 5.82 Å². The lowest BCUT2D eigenvalue weighted by molar-refractivity contribution is 0.537. The van der Waals surface area contributed by atoms with Crippen LogP contribution in [0.2, 0.25) is 0 Å².